The van der Waals surface area contributed by atoms with Crippen LogP contribution in [-0.2, 0) is 14.6 Å². The van der Waals surface area contributed by atoms with E-state index < -0.39 is 15.4 Å². The van der Waals surface area contributed by atoms with Crippen LogP contribution in [0, 0.1) is 23.1 Å². The molecule has 1 N–H and O–H groups in total. The third kappa shape index (κ3) is 7.04. The zero-order valence-corrected chi connectivity index (χ0v) is 23.8. The highest BCUT2D eigenvalue weighted by Gasteiger charge is 2.45. The van der Waals surface area contributed by atoms with Crippen LogP contribution in [0.3, 0.4) is 0 Å². The van der Waals surface area contributed by atoms with Gasteiger partial charge in [-0.15, -0.1) is 11.3 Å². The quantitative estimate of drug-likeness (QED) is 0.437. The predicted molar refractivity (Wildman–Crippen MR) is 156 cm³/mol. The summed E-state index contributed by atoms with van der Waals surface area (Å²) in [5.41, 5.74) is 2.22. The molecule has 8 nitrogen and oxygen atoms in total. The fraction of sp³-hybridized carbons (Fsp3) is 0.448. The first kappa shape index (κ1) is 28.2. The van der Waals surface area contributed by atoms with Crippen LogP contribution < -0.4 is 10.2 Å². The van der Waals surface area contributed by atoms with Gasteiger partial charge in [-0.3, -0.25) is 9.78 Å². The molecule has 0 bridgehead atoms. The fourth-order valence-electron chi connectivity index (χ4n) is 4.93. The van der Waals surface area contributed by atoms with Gasteiger partial charge in [0.05, 0.1) is 34.3 Å². The van der Waals surface area contributed by atoms with Gasteiger partial charge in [0.25, 0.3) is 0 Å². The van der Waals surface area contributed by atoms with Crippen molar-refractivity contribution in [3.05, 3.63) is 54.6 Å². The van der Waals surface area contributed by atoms with Crippen molar-refractivity contribution in [1.29, 1.82) is 5.26 Å². The molecular weight excluding hydrogens is 549 g/mol. The van der Waals surface area contributed by atoms with Gasteiger partial charge in [0.15, 0.2) is 9.84 Å². The number of amides is 1. The van der Waals surface area contributed by atoms with Crippen molar-refractivity contribution >= 4 is 32.8 Å². The van der Waals surface area contributed by atoms with Crippen molar-refractivity contribution in [1.82, 2.24) is 15.3 Å². The Morgan fingerprint density at radius 3 is 2.35 bits per heavy atom. The SMILES string of the molecule is N#CC1(NC(=O)C2CCCCC2)CC1.O=S1(=O)CCN(c2ccc(-c3cnc(-c4ccc(F)cn4)s3)cc2)CC1.[HH]. The lowest BCUT2D eigenvalue weighted by Crippen LogP contribution is -2.40. The van der Waals surface area contributed by atoms with E-state index in [1.165, 1.54) is 30.0 Å². The van der Waals surface area contributed by atoms with Crippen LogP contribution >= 0.6 is 11.3 Å². The highest BCUT2D eigenvalue weighted by Crippen LogP contribution is 2.36. The van der Waals surface area contributed by atoms with Gasteiger partial charge in [-0.25, -0.2) is 17.8 Å². The second kappa shape index (κ2) is 12.0. The summed E-state index contributed by atoms with van der Waals surface area (Å²) in [6.45, 7) is 1.06. The Kier molecular flexibility index (Phi) is 8.47. The second-order valence-electron chi connectivity index (χ2n) is 10.6. The Hall–Kier alpha value is -3.36. The normalized spacial score (nSPS) is 19.6. The molecule has 0 atom stereocenters. The third-order valence-electron chi connectivity index (χ3n) is 7.62. The van der Waals surface area contributed by atoms with Gasteiger partial charge < -0.3 is 10.2 Å². The lowest BCUT2D eigenvalue weighted by atomic mass is 9.88. The molecule has 3 aromatic rings. The van der Waals surface area contributed by atoms with E-state index in [0.29, 0.717) is 18.8 Å². The molecule has 212 valence electrons. The third-order valence-corrected chi connectivity index (χ3v) is 10.3. The fourth-order valence-corrected chi connectivity index (χ4v) is 7.03. The number of nitrogens with zero attached hydrogens (tertiary/aromatic N) is 4. The van der Waals surface area contributed by atoms with Gasteiger partial charge in [0.2, 0.25) is 5.91 Å². The number of thiazole rings is 1. The van der Waals surface area contributed by atoms with E-state index in [4.69, 9.17) is 5.26 Å². The monoisotopic (exact) mass is 583 g/mol. The van der Waals surface area contributed by atoms with Crippen LogP contribution in [0.2, 0.25) is 0 Å². The summed E-state index contributed by atoms with van der Waals surface area (Å²) >= 11 is 1.50. The zero-order chi connectivity index (χ0) is 28.2. The Labute approximate surface area is 239 Å². The first-order valence-corrected chi connectivity index (χ1v) is 16.3. The number of halogens is 1. The van der Waals surface area contributed by atoms with Crippen LogP contribution in [0.25, 0.3) is 21.1 Å². The number of nitriles is 1. The summed E-state index contributed by atoms with van der Waals surface area (Å²) in [4.78, 5) is 23.3. The van der Waals surface area contributed by atoms with Crippen LogP contribution in [0.5, 0.6) is 0 Å². The van der Waals surface area contributed by atoms with Gasteiger partial charge >= 0.3 is 0 Å². The van der Waals surface area contributed by atoms with Gasteiger partial charge in [0, 0.05) is 32.3 Å². The number of hydrogen-bond donors (Lipinski definition) is 1. The van der Waals surface area contributed by atoms with E-state index in [-0.39, 0.29) is 30.6 Å². The predicted octanol–water partition coefficient (Wildman–Crippen LogP) is 5.23. The van der Waals surface area contributed by atoms with Gasteiger partial charge in [-0.05, 0) is 55.5 Å². The van der Waals surface area contributed by atoms with E-state index in [1.54, 1.807) is 12.3 Å². The minimum atomic E-state index is -2.88. The van der Waals surface area contributed by atoms with Crippen LogP contribution in [-0.4, -0.2) is 54.4 Å². The number of benzene rings is 1. The average Bonchev–Trinajstić information content (AvgIpc) is 3.57. The largest absolute Gasteiger partial charge is 0.369 e. The maximum Gasteiger partial charge on any atom is 0.224 e. The molecule has 6 rings (SSSR count). The first-order valence-electron chi connectivity index (χ1n) is 13.6. The van der Waals surface area contributed by atoms with Crippen molar-refractivity contribution in [2.75, 3.05) is 29.5 Å². The van der Waals surface area contributed by atoms with Crippen LogP contribution in [0.4, 0.5) is 10.1 Å². The molecule has 40 heavy (non-hydrogen) atoms. The summed E-state index contributed by atoms with van der Waals surface area (Å²) in [6.07, 6.45) is 10.2. The maximum atomic E-state index is 13.0. The molecule has 3 aliphatic rings. The van der Waals surface area contributed by atoms with E-state index >= 15 is 0 Å². The van der Waals surface area contributed by atoms with Gasteiger partial charge in [0.1, 0.15) is 16.4 Å². The Morgan fingerprint density at radius 1 is 1.05 bits per heavy atom. The van der Waals surface area contributed by atoms with Crippen molar-refractivity contribution in [2.24, 2.45) is 5.92 Å². The minimum absolute atomic E-state index is 0. The molecule has 1 aromatic carbocycles. The zero-order valence-electron chi connectivity index (χ0n) is 22.2. The molecule has 3 fully saturated rings. The lowest BCUT2D eigenvalue weighted by molar-refractivity contribution is -0.126. The molecule has 0 spiro atoms. The second-order valence-corrected chi connectivity index (χ2v) is 13.9. The van der Waals surface area contributed by atoms with Crippen molar-refractivity contribution in [3.8, 4) is 27.2 Å². The molecule has 1 saturated heterocycles. The number of anilines is 1. The number of rotatable bonds is 5. The molecule has 1 aliphatic heterocycles. The van der Waals surface area contributed by atoms with Gasteiger partial charge in [-0.2, -0.15) is 5.26 Å². The molecule has 3 heterocycles. The van der Waals surface area contributed by atoms with Gasteiger partial charge in [-0.1, -0.05) is 31.4 Å². The number of aromatic nitrogens is 2. The lowest BCUT2D eigenvalue weighted by Gasteiger charge is -2.28. The number of carbonyl (C=O) groups excluding carboxylic acids is 1. The molecular formula is C29H34FN5O3S2. The standard InChI is InChI=1S/C18H16FN3O2S2.C11H16N2O.H2/c19-14-3-6-16(20-11-14)18-21-12-17(25-18)13-1-4-15(5-2-13)22-7-9-26(23,24)10-8-22;12-8-11(6-7-11)13-10(14)9-4-2-1-3-5-9;/h1-6,11-12H,7-10H2;9H,1-7H2,(H,13,14);1H. The Morgan fingerprint density at radius 2 is 1.75 bits per heavy atom. The van der Waals surface area contributed by atoms with E-state index in [9.17, 15) is 17.6 Å². The van der Waals surface area contributed by atoms with Crippen LogP contribution in [0.1, 0.15) is 46.4 Å². The average molecular weight is 584 g/mol. The molecule has 0 unspecified atom stereocenters. The molecule has 0 radical (unpaired) electrons. The highest BCUT2D eigenvalue weighted by atomic mass is 32.2. The number of nitrogens with one attached hydrogen (secondary N) is 1. The Balaban J connectivity index is 0.000000219. The summed E-state index contributed by atoms with van der Waals surface area (Å²) in [6, 6.07) is 13.2. The van der Waals surface area contributed by atoms with E-state index in [2.05, 4.69) is 26.3 Å². The topological polar surface area (TPSA) is 116 Å². The summed E-state index contributed by atoms with van der Waals surface area (Å²) < 4.78 is 36.1. The highest BCUT2D eigenvalue weighted by molar-refractivity contribution is 7.91. The smallest absolute Gasteiger partial charge is 0.224 e. The van der Waals surface area contributed by atoms with E-state index in [0.717, 1.165) is 59.7 Å². The van der Waals surface area contributed by atoms with Crippen molar-refractivity contribution < 1.29 is 19.0 Å². The minimum Gasteiger partial charge on any atom is -0.369 e. The number of carbonyl (C=O) groups is 1. The molecule has 11 heteroatoms. The van der Waals surface area contributed by atoms with Crippen molar-refractivity contribution in [3.63, 3.8) is 0 Å². The molecule has 1 amide bonds. The summed E-state index contributed by atoms with van der Waals surface area (Å²) in [5.74, 6) is 0.333. The van der Waals surface area contributed by atoms with Crippen LogP contribution in [0.15, 0.2) is 48.8 Å². The number of pyridine rings is 1. The first-order chi connectivity index (χ1) is 19.3. The Bertz CT molecular complexity index is 1470. The molecule has 2 aromatic heterocycles. The van der Waals surface area contributed by atoms with E-state index in [1.807, 2.05) is 24.3 Å². The number of hydrogen-bond acceptors (Lipinski definition) is 8. The summed E-state index contributed by atoms with van der Waals surface area (Å²) in [7, 11) is -2.88. The van der Waals surface area contributed by atoms with Crippen molar-refractivity contribution in [2.45, 2.75) is 50.5 Å². The maximum absolute atomic E-state index is 13.0. The summed E-state index contributed by atoms with van der Waals surface area (Å²) in [5, 5.41) is 12.5. The molecule has 2 saturated carbocycles. The number of sulfone groups is 1. The molecule has 2 aliphatic carbocycles.